The van der Waals surface area contributed by atoms with Crippen LogP contribution in [0.2, 0.25) is 0 Å². The van der Waals surface area contributed by atoms with E-state index in [0.717, 1.165) is 4.88 Å². The predicted octanol–water partition coefficient (Wildman–Crippen LogP) is 2.43. The Hall–Kier alpha value is -3.07. The minimum Gasteiger partial charge on any atom is -0.467 e. The van der Waals surface area contributed by atoms with E-state index >= 15 is 0 Å². The lowest BCUT2D eigenvalue weighted by molar-refractivity contribution is -0.142. The summed E-state index contributed by atoms with van der Waals surface area (Å²) in [5.41, 5.74) is 0.558. The van der Waals surface area contributed by atoms with Crippen molar-refractivity contribution in [3.63, 3.8) is 0 Å². The highest BCUT2D eigenvalue weighted by Crippen LogP contribution is 2.25. The molecule has 0 saturated carbocycles. The largest absolute Gasteiger partial charge is 0.467 e. The van der Waals surface area contributed by atoms with E-state index < -0.39 is 17.9 Å². The van der Waals surface area contributed by atoms with Crippen molar-refractivity contribution in [1.82, 2.24) is 20.1 Å². The number of aromatic nitrogens is 3. The Morgan fingerprint density at radius 1 is 1.27 bits per heavy atom. The van der Waals surface area contributed by atoms with Gasteiger partial charge >= 0.3 is 5.97 Å². The monoisotopic (exact) mass is 374 g/mol. The second-order valence-corrected chi connectivity index (χ2v) is 6.29. The van der Waals surface area contributed by atoms with Gasteiger partial charge < -0.3 is 10.1 Å². The number of ether oxygens (including phenoxy) is 1. The van der Waals surface area contributed by atoms with Crippen LogP contribution in [0.3, 0.4) is 0 Å². The van der Waals surface area contributed by atoms with Crippen LogP contribution in [0.4, 0.5) is 4.39 Å². The molecule has 0 aliphatic carbocycles. The molecule has 7 nitrogen and oxygen atoms in total. The van der Waals surface area contributed by atoms with E-state index in [2.05, 4.69) is 20.1 Å². The number of amides is 1. The van der Waals surface area contributed by atoms with Gasteiger partial charge in [0.25, 0.3) is 5.91 Å². The summed E-state index contributed by atoms with van der Waals surface area (Å²) in [5.74, 6) is -1.22. The molecule has 0 spiro atoms. The molecule has 1 N–H and O–H groups in total. The van der Waals surface area contributed by atoms with Gasteiger partial charge in [0.1, 0.15) is 11.9 Å². The summed E-state index contributed by atoms with van der Waals surface area (Å²) in [7, 11) is 1.24. The molecule has 26 heavy (non-hydrogen) atoms. The maximum atomic E-state index is 13.2. The number of carbonyl (C=O) groups is 2. The quantitative estimate of drug-likeness (QED) is 0.693. The fraction of sp³-hybridized carbons (Fsp3) is 0.176. The van der Waals surface area contributed by atoms with Crippen LogP contribution in [-0.4, -0.2) is 39.8 Å². The Labute approximate surface area is 152 Å². The van der Waals surface area contributed by atoms with Crippen LogP contribution in [0, 0.1) is 5.82 Å². The van der Waals surface area contributed by atoms with Crippen molar-refractivity contribution in [3.8, 4) is 16.4 Å². The van der Waals surface area contributed by atoms with E-state index in [1.165, 1.54) is 42.2 Å². The Morgan fingerprint density at radius 2 is 2.00 bits per heavy atom. The molecule has 2 heterocycles. The van der Waals surface area contributed by atoms with Crippen molar-refractivity contribution in [1.29, 1.82) is 0 Å². The fourth-order valence-electron chi connectivity index (χ4n) is 2.23. The average Bonchev–Trinajstić information content (AvgIpc) is 3.30. The van der Waals surface area contributed by atoms with Crippen molar-refractivity contribution in [2.45, 2.75) is 13.0 Å². The minimum absolute atomic E-state index is 0.103. The highest BCUT2D eigenvalue weighted by Gasteiger charge is 2.23. The second kappa shape index (κ2) is 7.44. The van der Waals surface area contributed by atoms with Crippen LogP contribution in [0.1, 0.15) is 17.5 Å². The van der Waals surface area contributed by atoms with Crippen LogP contribution >= 0.6 is 11.3 Å². The van der Waals surface area contributed by atoms with Crippen LogP contribution < -0.4 is 5.32 Å². The summed E-state index contributed by atoms with van der Waals surface area (Å²) in [6.45, 7) is 1.50. The zero-order chi connectivity index (χ0) is 18.7. The van der Waals surface area contributed by atoms with Gasteiger partial charge in [-0.25, -0.2) is 18.9 Å². The van der Waals surface area contributed by atoms with Gasteiger partial charge in [0.2, 0.25) is 5.82 Å². The molecule has 0 saturated heterocycles. The van der Waals surface area contributed by atoms with Gasteiger partial charge in [-0.2, -0.15) is 0 Å². The zero-order valence-corrected chi connectivity index (χ0v) is 14.8. The van der Waals surface area contributed by atoms with Crippen molar-refractivity contribution < 1.29 is 18.7 Å². The lowest BCUT2D eigenvalue weighted by Crippen LogP contribution is -2.39. The molecule has 0 bridgehead atoms. The van der Waals surface area contributed by atoms with Crippen molar-refractivity contribution >= 4 is 23.2 Å². The van der Waals surface area contributed by atoms with Gasteiger partial charge in [0.05, 0.1) is 17.7 Å². The molecule has 134 valence electrons. The number of thiophene rings is 1. The number of nitrogens with zero attached hydrogens (tertiary/aromatic N) is 3. The molecule has 0 unspecified atom stereocenters. The molecule has 0 aliphatic heterocycles. The van der Waals surface area contributed by atoms with Gasteiger partial charge in [-0.1, -0.05) is 6.07 Å². The maximum absolute atomic E-state index is 13.2. The Bertz CT molecular complexity index is 922. The molecular weight excluding hydrogens is 359 g/mol. The number of halogens is 1. The van der Waals surface area contributed by atoms with Crippen LogP contribution in [0.15, 0.2) is 41.8 Å². The van der Waals surface area contributed by atoms with Crippen LogP contribution in [0.5, 0.6) is 0 Å². The average molecular weight is 374 g/mol. The van der Waals surface area contributed by atoms with E-state index in [4.69, 9.17) is 0 Å². The van der Waals surface area contributed by atoms with E-state index in [1.54, 1.807) is 12.1 Å². The van der Waals surface area contributed by atoms with Gasteiger partial charge in [0, 0.05) is 0 Å². The van der Waals surface area contributed by atoms with E-state index in [-0.39, 0.29) is 11.6 Å². The summed E-state index contributed by atoms with van der Waals surface area (Å²) in [5, 5.41) is 8.59. The molecule has 1 aromatic carbocycles. The van der Waals surface area contributed by atoms with Gasteiger partial charge in [0.15, 0.2) is 5.82 Å². The predicted molar refractivity (Wildman–Crippen MR) is 93.6 cm³/mol. The second-order valence-electron chi connectivity index (χ2n) is 5.34. The number of carbonyl (C=O) groups excluding carboxylic acids is 2. The molecule has 9 heteroatoms. The first-order valence-corrected chi connectivity index (χ1v) is 8.53. The number of hydrogen-bond acceptors (Lipinski definition) is 6. The third kappa shape index (κ3) is 3.62. The molecule has 1 atom stereocenters. The van der Waals surface area contributed by atoms with Gasteiger partial charge in [-0.15, -0.1) is 16.4 Å². The summed E-state index contributed by atoms with van der Waals surface area (Å²) < 4.78 is 19.3. The summed E-state index contributed by atoms with van der Waals surface area (Å²) >= 11 is 1.43. The third-order valence-corrected chi connectivity index (χ3v) is 4.39. The van der Waals surface area contributed by atoms with E-state index in [0.29, 0.717) is 11.5 Å². The lowest BCUT2D eigenvalue weighted by atomic mass is 10.3. The van der Waals surface area contributed by atoms with E-state index in [1.807, 2.05) is 17.5 Å². The van der Waals surface area contributed by atoms with Crippen molar-refractivity contribution in [2.75, 3.05) is 7.11 Å². The summed E-state index contributed by atoms with van der Waals surface area (Å²) in [6.07, 6.45) is 0. The minimum atomic E-state index is -0.838. The van der Waals surface area contributed by atoms with Crippen LogP contribution in [0.25, 0.3) is 16.4 Å². The topological polar surface area (TPSA) is 86.1 Å². The highest BCUT2D eigenvalue weighted by atomic mass is 32.1. The molecule has 0 fully saturated rings. The number of methoxy groups -OCH3 is 1. The molecule has 3 aromatic rings. The molecular formula is C17H15FN4O3S. The maximum Gasteiger partial charge on any atom is 0.328 e. The van der Waals surface area contributed by atoms with Gasteiger partial charge in [-0.3, -0.25) is 4.79 Å². The first-order valence-electron chi connectivity index (χ1n) is 7.65. The summed E-state index contributed by atoms with van der Waals surface area (Å²) in [6, 6.07) is 8.54. The number of esters is 1. The smallest absolute Gasteiger partial charge is 0.328 e. The Balaban J connectivity index is 1.98. The number of rotatable bonds is 5. The Morgan fingerprint density at radius 3 is 2.62 bits per heavy atom. The first-order chi connectivity index (χ1) is 12.5. The van der Waals surface area contributed by atoms with Gasteiger partial charge in [-0.05, 0) is 42.6 Å². The fourth-order valence-corrected chi connectivity index (χ4v) is 2.93. The molecule has 3 rings (SSSR count). The molecule has 0 aliphatic rings. The molecule has 0 radical (unpaired) electrons. The zero-order valence-electron chi connectivity index (χ0n) is 14.0. The number of benzene rings is 1. The third-order valence-electron chi connectivity index (χ3n) is 3.53. The Kier molecular flexibility index (Phi) is 5.08. The summed E-state index contributed by atoms with van der Waals surface area (Å²) in [4.78, 5) is 28.9. The number of nitrogens with one attached hydrogen (secondary N) is 1. The van der Waals surface area contributed by atoms with Crippen LogP contribution in [-0.2, 0) is 9.53 Å². The molecule has 1 amide bonds. The van der Waals surface area contributed by atoms with Crippen molar-refractivity contribution in [3.05, 3.63) is 53.4 Å². The lowest BCUT2D eigenvalue weighted by Gasteiger charge is -2.09. The normalized spacial score (nSPS) is 11.8. The SMILES string of the molecule is COC(=O)[C@H](C)NC(=O)c1nc(-c2cccs2)n(-c2ccc(F)cc2)n1. The molecule has 2 aromatic heterocycles. The standard InChI is InChI=1S/C17H15FN4O3S/c1-10(17(24)25-2)19-16(23)14-20-15(13-4-3-9-26-13)22(21-14)12-7-5-11(18)6-8-12/h3-10H,1-2H3,(H,19,23)/t10-/m0/s1. The highest BCUT2D eigenvalue weighted by molar-refractivity contribution is 7.13. The first kappa shape index (κ1) is 17.7. The van der Waals surface area contributed by atoms with Crippen molar-refractivity contribution in [2.24, 2.45) is 0 Å². The van der Waals surface area contributed by atoms with E-state index in [9.17, 15) is 14.0 Å². The number of hydrogen-bond donors (Lipinski definition) is 1.